The van der Waals surface area contributed by atoms with E-state index in [-0.39, 0.29) is 18.1 Å². The van der Waals surface area contributed by atoms with Gasteiger partial charge in [0.25, 0.3) is 0 Å². The number of H-pyrrole nitrogens is 1. The van der Waals surface area contributed by atoms with Gasteiger partial charge in [0.2, 0.25) is 0 Å². The van der Waals surface area contributed by atoms with E-state index in [1.807, 2.05) is 53.9 Å². The minimum Gasteiger partial charge on any atom is -0.510 e. The first kappa shape index (κ1) is 18.4. The van der Waals surface area contributed by atoms with E-state index >= 15 is 0 Å². The van der Waals surface area contributed by atoms with Gasteiger partial charge in [0, 0.05) is 10.9 Å². The van der Waals surface area contributed by atoms with Gasteiger partial charge >= 0.3 is 0 Å². The fourth-order valence-electron chi connectivity index (χ4n) is 3.54. The number of para-hydroxylation sites is 2. The fourth-order valence-corrected chi connectivity index (χ4v) is 4.43. The molecule has 3 N–H and O–H groups in total. The van der Waals surface area contributed by atoms with Crippen molar-refractivity contribution >= 4 is 33.8 Å². The predicted octanol–water partition coefficient (Wildman–Crippen LogP) is 4.46. The maximum atomic E-state index is 10.6. The van der Waals surface area contributed by atoms with Gasteiger partial charge in [-0.15, -0.1) is 11.3 Å². The number of nitrogens with zero attached hydrogens (tertiary/aromatic N) is 3. The minimum atomic E-state index is 0.159. The number of hydrogen-bond donors (Lipinski definition) is 3. The number of aliphatic hydroxyl groups excluding tert-OH is 1. The second kappa shape index (κ2) is 7.31. The number of amidine groups is 1. The number of aromatic amines is 1. The van der Waals surface area contributed by atoms with Crippen LogP contribution in [0.15, 0.2) is 59.7 Å². The predicted molar refractivity (Wildman–Crippen MR) is 118 cm³/mol. The Labute approximate surface area is 176 Å². The summed E-state index contributed by atoms with van der Waals surface area (Å²) in [4.78, 5) is 14.3. The molecule has 150 valence electrons. The van der Waals surface area contributed by atoms with E-state index in [4.69, 9.17) is 10.1 Å². The third-order valence-electron chi connectivity index (χ3n) is 5.07. The molecule has 3 heterocycles. The van der Waals surface area contributed by atoms with Gasteiger partial charge in [-0.25, -0.2) is 9.97 Å². The zero-order chi connectivity index (χ0) is 20.7. The molecule has 5 rings (SSSR count). The van der Waals surface area contributed by atoms with Crippen LogP contribution in [0.3, 0.4) is 0 Å². The Hall–Kier alpha value is -3.65. The second-order valence-electron chi connectivity index (χ2n) is 6.99. The molecule has 7 nitrogen and oxygen atoms in total. The van der Waals surface area contributed by atoms with Crippen molar-refractivity contribution in [1.29, 1.82) is 5.41 Å². The van der Waals surface area contributed by atoms with Gasteiger partial charge in [0.1, 0.15) is 28.2 Å². The first-order valence-corrected chi connectivity index (χ1v) is 10.3. The standard InChI is InChI=1S/C22H19N5O2S/c1-29-14-8-6-13(7-9-14)17-12-30-22(26-17)20-18(28)10-27(21(20)23)11-19-24-15-4-2-3-5-16(15)25-19/h2-9,12,23,28H,10-11H2,1H3,(H,24,25). The van der Waals surface area contributed by atoms with Crippen LogP contribution in [-0.2, 0) is 6.54 Å². The first-order chi connectivity index (χ1) is 14.6. The molecule has 0 unspecified atom stereocenters. The zero-order valence-corrected chi connectivity index (χ0v) is 17.0. The van der Waals surface area contributed by atoms with Crippen molar-refractivity contribution in [3.05, 3.63) is 70.5 Å². The molecular formula is C22H19N5O2S. The Balaban J connectivity index is 1.36. The zero-order valence-electron chi connectivity index (χ0n) is 16.2. The second-order valence-corrected chi connectivity index (χ2v) is 7.85. The van der Waals surface area contributed by atoms with E-state index in [0.29, 0.717) is 17.1 Å². The number of thiazole rings is 1. The van der Waals surface area contributed by atoms with E-state index in [1.54, 1.807) is 12.0 Å². The van der Waals surface area contributed by atoms with Crippen molar-refractivity contribution in [2.45, 2.75) is 6.54 Å². The van der Waals surface area contributed by atoms with Crippen LogP contribution in [0.2, 0.25) is 0 Å². The average Bonchev–Trinajstić information content (AvgIpc) is 3.46. The van der Waals surface area contributed by atoms with Gasteiger partial charge in [-0.1, -0.05) is 12.1 Å². The molecule has 2 aromatic heterocycles. The molecule has 0 spiro atoms. The maximum Gasteiger partial charge on any atom is 0.135 e. The van der Waals surface area contributed by atoms with Gasteiger partial charge in [0.15, 0.2) is 0 Å². The van der Waals surface area contributed by atoms with Crippen LogP contribution in [0.4, 0.5) is 0 Å². The van der Waals surface area contributed by atoms with Crippen molar-refractivity contribution in [2.24, 2.45) is 0 Å². The van der Waals surface area contributed by atoms with E-state index in [0.717, 1.165) is 33.9 Å². The molecule has 0 aliphatic carbocycles. The highest BCUT2D eigenvalue weighted by atomic mass is 32.1. The molecule has 4 aromatic rings. The van der Waals surface area contributed by atoms with Gasteiger partial charge in [-0.05, 0) is 36.4 Å². The summed E-state index contributed by atoms with van der Waals surface area (Å²) in [7, 11) is 1.63. The highest BCUT2D eigenvalue weighted by molar-refractivity contribution is 7.11. The smallest absolute Gasteiger partial charge is 0.135 e. The average molecular weight is 417 g/mol. The summed E-state index contributed by atoms with van der Waals surface area (Å²) < 4.78 is 5.20. The summed E-state index contributed by atoms with van der Waals surface area (Å²) in [6.07, 6.45) is 0. The summed E-state index contributed by atoms with van der Waals surface area (Å²) in [6, 6.07) is 15.5. The lowest BCUT2D eigenvalue weighted by Gasteiger charge is -2.16. The lowest BCUT2D eigenvalue weighted by molar-refractivity contribution is 0.344. The van der Waals surface area contributed by atoms with E-state index < -0.39 is 0 Å². The third kappa shape index (κ3) is 3.21. The van der Waals surface area contributed by atoms with Crippen molar-refractivity contribution in [3.8, 4) is 17.0 Å². The Bertz CT molecular complexity index is 1240. The van der Waals surface area contributed by atoms with Crippen molar-refractivity contribution < 1.29 is 9.84 Å². The van der Waals surface area contributed by atoms with Crippen LogP contribution in [0.1, 0.15) is 10.8 Å². The van der Waals surface area contributed by atoms with Crippen LogP contribution >= 0.6 is 11.3 Å². The van der Waals surface area contributed by atoms with Gasteiger partial charge < -0.3 is 19.7 Å². The molecule has 2 aromatic carbocycles. The highest BCUT2D eigenvalue weighted by Gasteiger charge is 2.31. The maximum absolute atomic E-state index is 10.6. The number of ether oxygens (including phenoxy) is 1. The SMILES string of the molecule is COc1ccc(-c2csc(C3=C(O)CN(Cc4nc5ccccc5[nH]4)C3=N)n2)cc1. The van der Waals surface area contributed by atoms with Crippen LogP contribution < -0.4 is 4.74 Å². The van der Waals surface area contributed by atoms with E-state index in [2.05, 4.69) is 15.0 Å². The highest BCUT2D eigenvalue weighted by Crippen LogP contribution is 2.33. The number of benzene rings is 2. The number of fused-ring (bicyclic) bond motifs is 1. The number of hydrogen-bond acceptors (Lipinski definition) is 6. The van der Waals surface area contributed by atoms with Crippen LogP contribution in [0.5, 0.6) is 5.75 Å². The summed E-state index contributed by atoms with van der Waals surface area (Å²) in [6.45, 7) is 0.681. The number of methoxy groups -OCH3 is 1. The minimum absolute atomic E-state index is 0.159. The molecule has 0 radical (unpaired) electrons. The van der Waals surface area contributed by atoms with Crippen molar-refractivity contribution in [1.82, 2.24) is 19.9 Å². The lowest BCUT2D eigenvalue weighted by atomic mass is 10.1. The molecule has 1 aliphatic heterocycles. The molecule has 30 heavy (non-hydrogen) atoms. The number of nitrogens with one attached hydrogen (secondary N) is 2. The van der Waals surface area contributed by atoms with Crippen molar-refractivity contribution in [3.63, 3.8) is 0 Å². The first-order valence-electron chi connectivity index (χ1n) is 9.42. The molecule has 8 heteroatoms. The molecule has 0 fully saturated rings. The Morgan fingerprint density at radius 1 is 1.17 bits per heavy atom. The van der Waals surface area contributed by atoms with E-state index in [1.165, 1.54) is 11.3 Å². The van der Waals surface area contributed by atoms with Gasteiger partial charge in [-0.3, -0.25) is 5.41 Å². The fraction of sp³-hybridized carbons (Fsp3) is 0.136. The molecule has 0 saturated heterocycles. The summed E-state index contributed by atoms with van der Waals surface area (Å²) in [5, 5.41) is 21.7. The van der Waals surface area contributed by atoms with Crippen LogP contribution in [0, 0.1) is 5.41 Å². The normalized spacial score (nSPS) is 14.2. The summed E-state index contributed by atoms with van der Waals surface area (Å²) in [5.74, 6) is 1.96. The Kier molecular flexibility index (Phi) is 4.48. The molecule has 0 saturated carbocycles. The topological polar surface area (TPSA) is 98.1 Å². The Morgan fingerprint density at radius 2 is 1.97 bits per heavy atom. The molecule has 1 aliphatic rings. The summed E-state index contributed by atoms with van der Waals surface area (Å²) >= 11 is 1.42. The van der Waals surface area contributed by atoms with Crippen LogP contribution in [0.25, 0.3) is 27.9 Å². The number of aromatic nitrogens is 3. The van der Waals surface area contributed by atoms with Gasteiger partial charge in [0.05, 0.1) is 42.5 Å². The molecule has 0 bridgehead atoms. The molecule has 0 atom stereocenters. The Morgan fingerprint density at radius 3 is 2.73 bits per heavy atom. The molecular weight excluding hydrogens is 398 g/mol. The van der Waals surface area contributed by atoms with Gasteiger partial charge in [-0.2, -0.15) is 0 Å². The van der Waals surface area contributed by atoms with Crippen LogP contribution in [-0.4, -0.2) is 44.4 Å². The molecule has 0 amide bonds. The third-order valence-corrected chi connectivity index (χ3v) is 5.92. The number of rotatable bonds is 5. The summed E-state index contributed by atoms with van der Waals surface area (Å²) in [5.41, 5.74) is 4.10. The monoisotopic (exact) mass is 417 g/mol. The van der Waals surface area contributed by atoms with Crippen molar-refractivity contribution in [2.75, 3.05) is 13.7 Å². The number of imidazole rings is 1. The quantitative estimate of drug-likeness (QED) is 0.445. The van der Waals surface area contributed by atoms with E-state index in [9.17, 15) is 5.11 Å². The number of aliphatic hydroxyl groups is 1. The largest absolute Gasteiger partial charge is 0.510 e. The lowest BCUT2D eigenvalue weighted by Crippen LogP contribution is -2.26.